The molecule has 94 valence electrons. The molecule has 2 aromatic rings. The first-order valence-corrected chi connectivity index (χ1v) is 5.81. The van der Waals surface area contributed by atoms with Crippen LogP contribution in [0.5, 0.6) is 5.75 Å². The Morgan fingerprint density at radius 3 is 2.83 bits per heavy atom. The Hall–Kier alpha value is -2.23. The van der Waals surface area contributed by atoms with Gasteiger partial charge in [0.05, 0.1) is 13.2 Å². The molecule has 0 aliphatic carbocycles. The normalized spacial score (nSPS) is 11.9. The first-order valence-electron chi connectivity index (χ1n) is 5.81. The number of hydrogen-bond acceptors (Lipinski definition) is 4. The lowest BCUT2D eigenvalue weighted by Crippen LogP contribution is -2.09. The van der Waals surface area contributed by atoms with Gasteiger partial charge in [-0.1, -0.05) is 12.1 Å². The topological polar surface area (TPSA) is 60.2 Å². The summed E-state index contributed by atoms with van der Waals surface area (Å²) >= 11 is 0. The lowest BCUT2D eigenvalue weighted by Gasteiger charge is -2.17. The number of rotatable bonds is 4. The van der Waals surface area contributed by atoms with E-state index in [-0.39, 0.29) is 6.04 Å². The van der Waals surface area contributed by atoms with Crippen LogP contribution < -0.4 is 15.8 Å². The average Bonchev–Trinajstić information content (AvgIpc) is 2.39. The van der Waals surface area contributed by atoms with Gasteiger partial charge in [0.15, 0.2) is 11.6 Å². The predicted octanol–water partition coefficient (Wildman–Crippen LogP) is 2.85. The summed E-state index contributed by atoms with van der Waals surface area (Å²) in [6.07, 6.45) is 1.73. The van der Waals surface area contributed by atoms with Gasteiger partial charge >= 0.3 is 0 Å². The molecule has 0 aliphatic heterocycles. The van der Waals surface area contributed by atoms with Crippen LogP contribution in [0.1, 0.15) is 18.5 Å². The Bertz CT molecular complexity index is 528. The zero-order valence-corrected chi connectivity index (χ0v) is 10.6. The molecule has 1 aromatic carbocycles. The summed E-state index contributed by atoms with van der Waals surface area (Å²) < 4.78 is 5.26. The molecule has 1 heterocycles. The Morgan fingerprint density at radius 2 is 2.11 bits per heavy atom. The van der Waals surface area contributed by atoms with Gasteiger partial charge in [0, 0.05) is 11.9 Å². The third kappa shape index (κ3) is 2.71. The molecule has 4 nitrogen and oxygen atoms in total. The summed E-state index contributed by atoms with van der Waals surface area (Å²) in [6.45, 7) is 2.06. The first kappa shape index (κ1) is 12.2. The molecule has 2 rings (SSSR count). The van der Waals surface area contributed by atoms with Gasteiger partial charge in [-0.05, 0) is 36.8 Å². The zero-order chi connectivity index (χ0) is 13.0. The van der Waals surface area contributed by atoms with E-state index in [0.29, 0.717) is 0 Å². The minimum Gasteiger partial charge on any atom is -0.493 e. The highest BCUT2D eigenvalue weighted by Crippen LogP contribution is 2.25. The lowest BCUT2D eigenvalue weighted by molar-refractivity contribution is 0.414. The van der Waals surface area contributed by atoms with Crippen molar-refractivity contribution in [3.05, 3.63) is 48.2 Å². The van der Waals surface area contributed by atoms with E-state index < -0.39 is 0 Å². The summed E-state index contributed by atoms with van der Waals surface area (Å²) in [4.78, 5) is 4.27. The number of anilines is 2. The highest BCUT2D eigenvalue weighted by molar-refractivity contribution is 5.52. The first-order chi connectivity index (χ1) is 8.70. The molecule has 0 amide bonds. The number of hydrogen-bond donors (Lipinski definition) is 2. The van der Waals surface area contributed by atoms with Gasteiger partial charge in [-0.2, -0.15) is 0 Å². The van der Waals surface area contributed by atoms with Gasteiger partial charge in [-0.25, -0.2) is 4.98 Å². The monoisotopic (exact) mass is 243 g/mol. The summed E-state index contributed by atoms with van der Waals surface area (Å²) in [6, 6.07) is 11.6. The van der Waals surface area contributed by atoms with Gasteiger partial charge in [0.2, 0.25) is 0 Å². The van der Waals surface area contributed by atoms with E-state index in [1.165, 1.54) is 0 Å². The highest BCUT2D eigenvalue weighted by Gasteiger charge is 2.09. The molecule has 0 bridgehead atoms. The van der Waals surface area contributed by atoms with E-state index in [1.807, 2.05) is 36.4 Å². The quantitative estimate of drug-likeness (QED) is 0.811. The fourth-order valence-electron chi connectivity index (χ4n) is 1.78. The molecule has 0 fully saturated rings. The molecule has 0 saturated carbocycles. The van der Waals surface area contributed by atoms with Crippen molar-refractivity contribution in [1.82, 2.24) is 4.98 Å². The molecule has 1 unspecified atom stereocenters. The zero-order valence-electron chi connectivity index (χ0n) is 10.6. The van der Waals surface area contributed by atoms with E-state index in [4.69, 9.17) is 10.5 Å². The van der Waals surface area contributed by atoms with Crippen molar-refractivity contribution in [2.75, 3.05) is 18.2 Å². The number of benzene rings is 1. The predicted molar refractivity (Wildman–Crippen MR) is 73.7 cm³/mol. The van der Waals surface area contributed by atoms with Gasteiger partial charge in [-0.3, -0.25) is 0 Å². The molecule has 3 N–H and O–H groups in total. The van der Waals surface area contributed by atoms with Gasteiger partial charge in [0.25, 0.3) is 0 Å². The summed E-state index contributed by atoms with van der Waals surface area (Å²) in [7, 11) is 1.63. The van der Waals surface area contributed by atoms with Crippen molar-refractivity contribution in [3.8, 4) is 5.75 Å². The molecule has 0 spiro atoms. The summed E-state index contributed by atoms with van der Waals surface area (Å²) in [5.74, 6) is 1.46. The Balaban J connectivity index is 2.18. The van der Waals surface area contributed by atoms with E-state index in [1.54, 1.807) is 13.3 Å². The lowest BCUT2D eigenvalue weighted by atomic mass is 10.1. The fourth-order valence-corrected chi connectivity index (χ4v) is 1.78. The van der Waals surface area contributed by atoms with E-state index >= 15 is 0 Å². The third-order valence-electron chi connectivity index (χ3n) is 2.75. The number of pyridine rings is 1. The van der Waals surface area contributed by atoms with Crippen LogP contribution in [0.15, 0.2) is 42.6 Å². The second-order valence-corrected chi connectivity index (χ2v) is 4.09. The van der Waals surface area contributed by atoms with Crippen molar-refractivity contribution in [2.24, 2.45) is 0 Å². The van der Waals surface area contributed by atoms with E-state index in [2.05, 4.69) is 17.2 Å². The Morgan fingerprint density at radius 1 is 1.28 bits per heavy atom. The smallest absolute Gasteiger partial charge is 0.169 e. The Labute approximate surface area is 107 Å². The summed E-state index contributed by atoms with van der Waals surface area (Å²) in [5, 5.41) is 3.31. The maximum absolute atomic E-state index is 5.78. The molecule has 4 heteroatoms. The largest absolute Gasteiger partial charge is 0.493 e. The molecular weight excluding hydrogens is 226 g/mol. The number of nitrogens with two attached hydrogens (primary N) is 1. The number of methoxy groups -OCH3 is 1. The number of aromatic nitrogens is 1. The van der Waals surface area contributed by atoms with Crippen LogP contribution in [-0.2, 0) is 0 Å². The summed E-state index contributed by atoms with van der Waals surface area (Å²) in [5.41, 5.74) is 7.65. The SMILES string of the molecule is COc1cccnc1NC(C)c1cccc(N)c1. The number of nitrogen functional groups attached to an aromatic ring is 1. The van der Waals surface area contributed by atoms with Gasteiger partial charge in [0.1, 0.15) is 0 Å². The van der Waals surface area contributed by atoms with Crippen molar-refractivity contribution >= 4 is 11.5 Å². The highest BCUT2D eigenvalue weighted by atomic mass is 16.5. The van der Waals surface area contributed by atoms with Crippen LogP contribution in [0.2, 0.25) is 0 Å². The molecule has 0 radical (unpaired) electrons. The minimum absolute atomic E-state index is 0.109. The standard InChI is InChI=1S/C14H17N3O/c1-10(11-5-3-6-12(15)9-11)17-14-13(18-2)7-4-8-16-14/h3-10H,15H2,1-2H3,(H,16,17). The minimum atomic E-state index is 0.109. The van der Waals surface area contributed by atoms with E-state index in [0.717, 1.165) is 22.8 Å². The van der Waals surface area contributed by atoms with Gasteiger partial charge < -0.3 is 15.8 Å². The van der Waals surface area contributed by atoms with Crippen LogP contribution in [0, 0.1) is 0 Å². The molecular formula is C14H17N3O. The molecule has 1 aromatic heterocycles. The van der Waals surface area contributed by atoms with Crippen molar-refractivity contribution in [1.29, 1.82) is 0 Å². The fraction of sp³-hybridized carbons (Fsp3) is 0.214. The average molecular weight is 243 g/mol. The maximum atomic E-state index is 5.78. The van der Waals surface area contributed by atoms with Crippen molar-refractivity contribution in [3.63, 3.8) is 0 Å². The Kier molecular flexibility index (Phi) is 3.67. The molecule has 0 saturated heterocycles. The number of ether oxygens (including phenoxy) is 1. The number of nitrogens with one attached hydrogen (secondary N) is 1. The molecule has 0 aliphatic rings. The van der Waals surface area contributed by atoms with E-state index in [9.17, 15) is 0 Å². The second-order valence-electron chi connectivity index (χ2n) is 4.09. The van der Waals surface area contributed by atoms with Gasteiger partial charge in [-0.15, -0.1) is 0 Å². The van der Waals surface area contributed by atoms with Crippen LogP contribution in [-0.4, -0.2) is 12.1 Å². The second kappa shape index (κ2) is 5.40. The van der Waals surface area contributed by atoms with Crippen LogP contribution in [0.3, 0.4) is 0 Å². The van der Waals surface area contributed by atoms with Crippen molar-refractivity contribution in [2.45, 2.75) is 13.0 Å². The third-order valence-corrected chi connectivity index (χ3v) is 2.75. The van der Waals surface area contributed by atoms with Crippen LogP contribution in [0.25, 0.3) is 0 Å². The van der Waals surface area contributed by atoms with Crippen LogP contribution in [0.4, 0.5) is 11.5 Å². The molecule has 1 atom stereocenters. The number of nitrogens with zero attached hydrogens (tertiary/aromatic N) is 1. The van der Waals surface area contributed by atoms with Crippen molar-refractivity contribution < 1.29 is 4.74 Å². The maximum Gasteiger partial charge on any atom is 0.169 e. The van der Waals surface area contributed by atoms with Crippen LogP contribution >= 0.6 is 0 Å². The molecule has 18 heavy (non-hydrogen) atoms.